The van der Waals surface area contributed by atoms with Crippen molar-refractivity contribution in [2.75, 3.05) is 0 Å². The smallest absolute Gasteiger partial charge is 0.489 e. The number of hydrogen-bond acceptors (Lipinski definition) is 2. The molecule has 0 saturated heterocycles. The van der Waals surface area contributed by atoms with Crippen molar-refractivity contribution in [3.63, 3.8) is 0 Å². The van der Waals surface area contributed by atoms with Crippen molar-refractivity contribution in [1.82, 2.24) is 0 Å². The Morgan fingerprint density at radius 3 is 2.19 bits per heavy atom. The van der Waals surface area contributed by atoms with Crippen LogP contribution >= 0.6 is 0 Å². The fourth-order valence-electron chi connectivity index (χ4n) is 1.91. The predicted octanol–water partition coefficient (Wildman–Crippen LogP) is 4.78. The largest absolute Gasteiger partial charge is 0.573 e. The molecule has 0 amide bonds. The summed E-state index contributed by atoms with van der Waals surface area (Å²) >= 11 is 0. The first-order valence-electron chi connectivity index (χ1n) is 6.38. The number of hydrogen-bond donors (Lipinski definition) is 0. The maximum Gasteiger partial charge on any atom is 0.573 e. The molecule has 0 fully saturated rings. The predicted molar refractivity (Wildman–Crippen MR) is 73.4 cm³/mol. The molecule has 0 aliphatic rings. The van der Waals surface area contributed by atoms with Crippen molar-refractivity contribution in [2.24, 2.45) is 0 Å². The summed E-state index contributed by atoms with van der Waals surface area (Å²) in [5.41, 5.74) is 2.94. The van der Waals surface area contributed by atoms with Gasteiger partial charge in [-0.1, -0.05) is 29.8 Å². The molecule has 0 saturated carbocycles. The first kappa shape index (κ1) is 15.2. The van der Waals surface area contributed by atoms with Crippen LogP contribution in [0, 0.1) is 13.8 Å². The van der Waals surface area contributed by atoms with Crippen molar-refractivity contribution >= 4 is 0 Å². The molecule has 0 bridgehead atoms. The molecule has 112 valence electrons. The average Bonchev–Trinajstić information content (AvgIpc) is 2.38. The Kier molecular flexibility index (Phi) is 4.40. The maximum atomic E-state index is 12.0. The second-order valence-corrected chi connectivity index (χ2v) is 4.75. The minimum atomic E-state index is -4.67. The van der Waals surface area contributed by atoms with E-state index >= 15 is 0 Å². The van der Waals surface area contributed by atoms with Crippen LogP contribution in [0.3, 0.4) is 0 Å². The molecule has 0 aliphatic heterocycles. The summed E-state index contributed by atoms with van der Waals surface area (Å²) in [6.45, 7) is 4.23. The Labute approximate surface area is 121 Å². The van der Waals surface area contributed by atoms with Crippen molar-refractivity contribution < 1.29 is 22.6 Å². The zero-order chi connectivity index (χ0) is 15.5. The van der Waals surface area contributed by atoms with Crippen LogP contribution in [0.5, 0.6) is 11.5 Å². The van der Waals surface area contributed by atoms with E-state index in [-0.39, 0.29) is 12.4 Å². The number of benzene rings is 2. The van der Waals surface area contributed by atoms with E-state index in [1.165, 1.54) is 12.1 Å². The van der Waals surface area contributed by atoms with Gasteiger partial charge in [0, 0.05) is 0 Å². The van der Waals surface area contributed by atoms with Crippen LogP contribution in [0.15, 0.2) is 42.5 Å². The van der Waals surface area contributed by atoms with Gasteiger partial charge in [-0.2, -0.15) is 0 Å². The lowest BCUT2D eigenvalue weighted by Gasteiger charge is -2.11. The maximum absolute atomic E-state index is 12.0. The van der Waals surface area contributed by atoms with Gasteiger partial charge in [-0.3, -0.25) is 0 Å². The second-order valence-electron chi connectivity index (χ2n) is 4.75. The first-order valence-corrected chi connectivity index (χ1v) is 6.38. The Bertz CT molecular complexity index is 604. The molecule has 0 spiro atoms. The average molecular weight is 296 g/mol. The normalized spacial score (nSPS) is 11.3. The van der Waals surface area contributed by atoms with Crippen LogP contribution in [0.4, 0.5) is 13.2 Å². The summed E-state index contributed by atoms with van der Waals surface area (Å²) in [7, 11) is 0. The van der Waals surface area contributed by atoms with Crippen LogP contribution in [0.2, 0.25) is 0 Å². The summed E-state index contributed by atoms with van der Waals surface area (Å²) in [5, 5.41) is 0. The minimum absolute atomic E-state index is 0.238. The van der Waals surface area contributed by atoms with Crippen LogP contribution in [-0.2, 0) is 6.61 Å². The van der Waals surface area contributed by atoms with Gasteiger partial charge in [0.2, 0.25) is 0 Å². The molecule has 2 rings (SSSR count). The minimum Gasteiger partial charge on any atom is -0.489 e. The monoisotopic (exact) mass is 296 g/mol. The summed E-state index contributed by atoms with van der Waals surface area (Å²) in [5.74, 6) is 0.522. The third kappa shape index (κ3) is 4.70. The van der Waals surface area contributed by atoms with E-state index in [1.807, 2.05) is 32.0 Å². The van der Waals surface area contributed by atoms with Gasteiger partial charge in [-0.15, -0.1) is 13.2 Å². The van der Waals surface area contributed by atoms with Crippen molar-refractivity contribution in [2.45, 2.75) is 26.8 Å². The van der Waals surface area contributed by atoms with E-state index in [4.69, 9.17) is 4.74 Å². The Balaban J connectivity index is 1.97. The lowest BCUT2D eigenvalue weighted by atomic mass is 10.1. The van der Waals surface area contributed by atoms with Crippen LogP contribution in [-0.4, -0.2) is 6.36 Å². The lowest BCUT2D eigenvalue weighted by Crippen LogP contribution is -2.17. The molecule has 2 aromatic carbocycles. The van der Waals surface area contributed by atoms with Gasteiger partial charge in [-0.05, 0) is 43.2 Å². The highest BCUT2D eigenvalue weighted by atomic mass is 19.4. The van der Waals surface area contributed by atoms with Gasteiger partial charge >= 0.3 is 6.36 Å². The van der Waals surface area contributed by atoms with Gasteiger partial charge in [0.05, 0.1) is 0 Å². The molecule has 5 heteroatoms. The van der Waals surface area contributed by atoms with E-state index in [0.29, 0.717) is 0 Å². The number of ether oxygens (including phenoxy) is 2. The number of alkyl halides is 3. The molecule has 0 aliphatic carbocycles. The molecule has 0 heterocycles. The van der Waals surface area contributed by atoms with Gasteiger partial charge in [0.1, 0.15) is 18.1 Å². The highest BCUT2D eigenvalue weighted by Gasteiger charge is 2.30. The standard InChI is InChI=1S/C16H15F3O2/c1-11-3-8-15(12(2)9-11)20-10-13-4-6-14(7-5-13)21-16(17,18)19/h3-9H,10H2,1-2H3. The van der Waals surface area contributed by atoms with E-state index in [9.17, 15) is 13.2 Å². The van der Waals surface area contributed by atoms with Crippen molar-refractivity contribution in [3.05, 3.63) is 59.2 Å². The topological polar surface area (TPSA) is 18.5 Å². The Morgan fingerprint density at radius 1 is 0.952 bits per heavy atom. The van der Waals surface area contributed by atoms with Gasteiger partial charge in [0.25, 0.3) is 0 Å². The SMILES string of the molecule is Cc1ccc(OCc2ccc(OC(F)(F)F)cc2)c(C)c1. The fraction of sp³-hybridized carbons (Fsp3) is 0.250. The molecule has 2 aromatic rings. The molecule has 0 N–H and O–H groups in total. The van der Waals surface area contributed by atoms with E-state index < -0.39 is 6.36 Å². The summed E-state index contributed by atoms with van der Waals surface area (Å²) in [4.78, 5) is 0. The third-order valence-corrected chi connectivity index (χ3v) is 2.88. The quantitative estimate of drug-likeness (QED) is 0.808. The molecule has 21 heavy (non-hydrogen) atoms. The molecular formula is C16H15F3O2. The lowest BCUT2D eigenvalue weighted by molar-refractivity contribution is -0.274. The van der Waals surface area contributed by atoms with E-state index in [0.717, 1.165) is 22.4 Å². The van der Waals surface area contributed by atoms with E-state index in [1.54, 1.807) is 12.1 Å². The molecule has 2 nitrogen and oxygen atoms in total. The molecule has 0 atom stereocenters. The molecule has 0 radical (unpaired) electrons. The summed E-state index contributed by atoms with van der Waals surface area (Å²) < 4.78 is 45.6. The van der Waals surface area contributed by atoms with Crippen LogP contribution in [0.25, 0.3) is 0 Å². The first-order chi connectivity index (χ1) is 9.83. The highest BCUT2D eigenvalue weighted by molar-refractivity contribution is 5.36. The summed E-state index contributed by atoms with van der Waals surface area (Å²) in [6, 6.07) is 11.5. The molecule has 0 aromatic heterocycles. The van der Waals surface area contributed by atoms with Crippen molar-refractivity contribution in [3.8, 4) is 11.5 Å². The summed E-state index contributed by atoms with van der Waals surface area (Å²) in [6.07, 6.45) is -4.67. The van der Waals surface area contributed by atoms with Crippen LogP contribution in [0.1, 0.15) is 16.7 Å². The van der Waals surface area contributed by atoms with Crippen molar-refractivity contribution in [1.29, 1.82) is 0 Å². The Morgan fingerprint density at radius 2 is 1.62 bits per heavy atom. The third-order valence-electron chi connectivity index (χ3n) is 2.88. The zero-order valence-corrected chi connectivity index (χ0v) is 11.7. The Hall–Kier alpha value is -2.17. The number of halogens is 3. The number of aryl methyl sites for hydroxylation is 2. The highest BCUT2D eigenvalue weighted by Crippen LogP contribution is 2.24. The second kappa shape index (κ2) is 6.08. The number of rotatable bonds is 4. The fourth-order valence-corrected chi connectivity index (χ4v) is 1.91. The molecular weight excluding hydrogens is 281 g/mol. The zero-order valence-electron chi connectivity index (χ0n) is 11.7. The van der Waals surface area contributed by atoms with Gasteiger partial charge < -0.3 is 9.47 Å². The molecule has 0 unspecified atom stereocenters. The van der Waals surface area contributed by atoms with Gasteiger partial charge in [0.15, 0.2) is 0 Å². The van der Waals surface area contributed by atoms with Gasteiger partial charge in [-0.25, -0.2) is 0 Å². The van der Waals surface area contributed by atoms with E-state index in [2.05, 4.69) is 4.74 Å². The van der Waals surface area contributed by atoms with Crippen LogP contribution < -0.4 is 9.47 Å².